The van der Waals surface area contributed by atoms with Crippen LogP contribution >= 0.6 is 0 Å². The number of amides is 1. The molecule has 0 radical (unpaired) electrons. The van der Waals surface area contributed by atoms with Gasteiger partial charge in [0, 0.05) is 24.6 Å². The highest BCUT2D eigenvalue weighted by Crippen LogP contribution is 2.32. The first kappa shape index (κ1) is 24.6. The Morgan fingerprint density at radius 2 is 1.91 bits per heavy atom. The summed E-state index contributed by atoms with van der Waals surface area (Å²) in [6, 6.07) is 4.66. The molecule has 1 aliphatic heterocycles. The summed E-state index contributed by atoms with van der Waals surface area (Å²) in [7, 11) is -3.74. The van der Waals surface area contributed by atoms with Crippen LogP contribution in [0, 0.1) is 12.7 Å². The first-order chi connectivity index (χ1) is 16.2. The summed E-state index contributed by atoms with van der Waals surface area (Å²) in [4.78, 5) is 18.3. The molecule has 35 heavy (non-hydrogen) atoms. The van der Waals surface area contributed by atoms with E-state index in [0.29, 0.717) is 22.6 Å². The van der Waals surface area contributed by atoms with Gasteiger partial charge >= 0.3 is 6.18 Å². The first-order valence-corrected chi connectivity index (χ1v) is 12.2. The van der Waals surface area contributed by atoms with Crippen molar-refractivity contribution >= 4 is 15.7 Å². The Labute approximate surface area is 198 Å². The molecule has 0 saturated heterocycles. The van der Waals surface area contributed by atoms with Crippen molar-refractivity contribution in [3.63, 3.8) is 0 Å². The maximum atomic E-state index is 13.5. The quantitative estimate of drug-likeness (QED) is 0.485. The molecule has 0 saturated carbocycles. The third-order valence-corrected chi connectivity index (χ3v) is 6.62. The van der Waals surface area contributed by atoms with E-state index in [1.165, 1.54) is 15.6 Å². The molecule has 3 heterocycles. The van der Waals surface area contributed by atoms with Gasteiger partial charge in [-0.3, -0.25) is 4.79 Å². The molecule has 1 unspecified atom stereocenters. The van der Waals surface area contributed by atoms with Gasteiger partial charge in [-0.1, -0.05) is 0 Å². The number of sulfone groups is 1. The van der Waals surface area contributed by atoms with Crippen molar-refractivity contribution < 1.29 is 35.5 Å². The maximum absolute atomic E-state index is 13.5. The number of benzene rings is 1. The van der Waals surface area contributed by atoms with E-state index >= 15 is 0 Å². The van der Waals surface area contributed by atoms with Crippen molar-refractivity contribution in [2.24, 2.45) is 0 Å². The molecule has 1 aliphatic rings. The molecule has 0 bridgehead atoms. The highest BCUT2D eigenvalue weighted by Gasteiger charge is 2.39. The van der Waals surface area contributed by atoms with Gasteiger partial charge in [-0.25, -0.2) is 22.5 Å². The topological polar surface area (TPSA) is 94.4 Å². The lowest BCUT2D eigenvalue weighted by molar-refractivity contribution is -0.189. The second-order valence-corrected chi connectivity index (χ2v) is 10.2. The average molecular weight is 512 g/mol. The minimum atomic E-state index is -4.68. The fraction of sp³-hybridized carbons (Fsp3) is 0.318. The molecule has 13 heteroatoms. The standard InChI is InChI=1S/C22H20F4N4O4S/c1-12-6-20(27-8-17(12)23)30-10-14-9-29(11-18(14)28-30)21(31)16-7-15(35(3,32)33)4-5-19(16)34-13(2)22(24,25)26/h4-8,10,13H,9,11H2,1-3H3. The number of aryl methyl sites for hydroxylation is 1. The van der Waals surface area contributed by atoms with Gasteiger partial charge in [0.05, 0.1) is 28.9 Å². The second kappa shape index (κ2) is 8.63. The Morgan fingerprint density at radius 3 is 2.51 bits per heavy atom. The van der Waals surface area contributed by atoms with Crippen molar-refractivity contribution in [2.75, 3.05) is 6.26 Å². The molecule has 4 rings (SSSR count). The number of aromatic nitrogens is 3. The molecule has 8 nitrogen and oxygen atoms in total. The number of pyridine rings is 1. The van der Waals surface area contributed by atoms with E-state index in [9.17, 15) is 30.8 Å². The number of nitrogens with zero attached hydrogens (tertiary/aromatic N) is 4. The molecule has 2 aromatic heterocycles. The average Bonchev–Trinajstić information content (AvgIpc) is 3.33. The van der Waals surface area contributed by atoms with E-state index < -0.39 is 33.8 Å². The summed E-state index contributed by atoms with van der Waals surface area (Å²) >= 11 is 0. The molecular formula is C22H20F4N4O4S. The first-order valence-electron chi connectivity index (χ1n) is 10.3. The van der Waals surface area contributed by atoms with Crippen LogP contribution in [0.25, 0.3) is 5.82 Å². The fourth-order valence-corrected chi connectivity index (χ4v) is 4.15. The normalized spacial score (nSPS) is 14.7. The van der Waals surface area contributed by atoms with Crippen molar-refractivity contribution in [1.29, 1.82) is 0 Å². The second-order valence-electron chi connectivity index (χ2n) is 8.23. The van der Waals surface area contributed by atoms with Gasteiger partial charge in [-0.05, 0) is 43.7 Å². The van der Waals surface area contributed by atoms with Crippen LogP contribution in [0.4, 0.5) is 17.6 Å². The molecule has 3 aromatic rings. The minimum Gasteiger partial charge on any atom is -0.480 e. The van der Waals surface area contributed by atoms with Crippen LogP contribution < -0.4 is 4.74 Å². The van der Waals surface area contributed by atoms with E-state index in [0.717, 1.165) is 37.6 Å². The van der Waals surface area contributed by atoms with E-state index in [1.807, 2.05) is 0 Å². The van der Waals surface area contributed by atoms with Crippen LogP contribution in [-0.2, 0) is 22.9 Å². The molecule has 0 fully saturated rings. The fourth-order valence-electron chi connectivity index (χ4n) is 3.50. The van der Waals surface area contributed by atoms with E-state index in [4.69, 9.17) is 4.74 Å². The number of carbonyl (C=O) groups excluding carboxylic acids is 1. The van der Waals surface area contributed by atoms with E-state index in [1.54, 1.807) is 13.1 Å². The van der Waals surface area contributed by atoms with Gasteiger partial charge in [-0.15, -0.1) is 0 Å². The van der Waals surface area contributed by atoms with Crippen LogP contribution in [0.5, 0.6) is 5.75 Å². The number of ether oxygens (including phenoxy) is 1. The van der Waals surface area contributed by atoms with Crippen LogP contribution in [-0.4, -0.2) is 52.5 Å². The molecule has 0 N–H and O–H groups in total. The van der Waals surface area contributed by atoms with Gasteiger partial charge in [0.25, 0.3) is 5.91 Å². The molecular weight excluding hydrogens is 492 g/mol. The summed E-state index contributed by atoms with van der Waals surface area (Å²) in [5, 5.41) is 4.38. The van der Waals surface area contributed by atoms with Gasteiger partial charge in [0.15, 0.2) is 21.8 Å². The summed E-state index contributed by atoms with van der Waals surface area (Å²) in [5.74, 6) is -1.17. The Kier molecular flexibility index (Phi) is 6.07. The van der Waals surface area contributed by atoms with Crippen LogP contribution in [0.15, 0.2) is 41.6 Å². The summed E-state index contributed by atoms with van der Waals surface area (Å²) < 4.78 is 83.1. The number of halogens is 4. The largest absolute Gasteiger partial charge is 0.480 e. The highest BCUT2D eigenvalue weighted by molar-refractivity contribution is 7.90. The Balaban J connectivity index is 1.62. The van der Waals surface area contributed by atoms with Crippen molar-refractivity contribution in [3.8, 4) is 11.6 Å². The van der Waals surface area contributed by atoms with Gasteiger partial charge in [0.2, 0.25) is 0 Å². The third-order valence-electron chi connectivity index (χ3n) is 5.51. The SMILES string of the molecule is Cc1cc(-n2cc3c(n2)CN(C(=O)c2cc(S(C)(=O)=O)ccc2OC(C)C(F)(F)F)C3)ncc1F. The lowest BCUT2D eigenvalue weighted by atomic mass is 10.1. The third kappa shape index (κ3) is 4.99. The van der Waals surface area contributed by atoms with E-state index in [2.05, 4.69) is 10.1 Å². The van der Waals surface area contributed by atoms with Crippen LogP contribution in [0.2, 0.25) is 0 Å². The Morgan fingerprint density at radius 1 is 1.20 bits per heavy atom. The predicted molar refractivity (Wildman–Crippen MR) is 115 cm³/mol. The molecule has 1 aromatic carbocycles. The minimum absolute atomic E-state index is 0.0265. The van der Waals surface area contributed by atoms with Crippen molar-refractivity contribution in [3.05, 3.63) is 64.9 Å². The highest BCUT2D eigenvalue weighted by atomic mass is 32.2. The smallest absolute Gasteiger partial charge is 0.425 e. The zero-order chi connectivity index (χ0) is 25.7. The van der Waals surface area contributed by atoms with Gasteiger partial charge < -0.3 is 9.64 Å². The lowest BCUT2D eigenvalue weighted by Gasteiger charge is -2.22. The zero-order valence-electron chi connectivity index (χ0n) is 18.8. The molecule has 1 amide bonds. The number of hydrogen-bond acceptors (Lipinski definition) is 6. The van der Waals surface area contributed by atoms with Gasteiger partial charge in [-0.2, -0.15) is 18.3 Å². The molecule has 0 spiro atoms. The predicted octanol–water partition coefficient (Wildman–Crippen LogP) is 3.60. The summed E-state index contributed by atoms with van der Waals surface area (Å²) in [6.45, 7) is 2.48. The number of alkyl halides is 3. The zero-order valence-corrected chi connectivity index (χ0v) is 19.6. The maximum Gasteiger partial charge on any atom is 0.425 e. The van der Waals surface area contributed by atoms with Gasteiger partial charge in [0.1, 0.15) is 11.6 Å². The summed E-state index contributed by atoms with van der Waals surface area (Å²) in [6.07, 6.45) is -3.28. The van der Waals surface area contributed by atoms with Crippen molar-refractivity contribution in [2.45, 2.75) is 44.1 Å². The monoisotopic (exact) mass is 512 g/mol. The van der Waals surface area contributed by atoms with Crippen molar-refractivity contribution in [1.82, 2.24) is 19.7 Å². The molecule has 186 valence electrons. The molecule has 1 atom stereocenters. The number of hydrogen-bond donors (Lipinski definition) is 0. The number of fused-ring (bicyclic) bond motifs is 1. The summed E-state index contributed by atoms with van der Waals surface area (Å²) in [5.41, 5.74) is 1.26. The van der Waals surface area contributed by atoms with Crippen LogP contribution in [0.1, 0.15) is 34.1 Å². The number of carbonyl (C=O) groups is 1. The Bertz CT molecular complexity index is 1400. The lowest BCUT2D eigenvalue weighted by Crippen LogP contribution is -2.33. The Hall–Kier alpha value is -3.48. The molecule has 0 aliphatic carbocycles. The van der Waals surface area contributed by atoms with Crippen LogP contribution in [0.3, 0.4) is 0 Å². The van der Waals surface area contributed by atoms with E-state index in [-0.39, 0.29) is 29.3 Å². The number of rotatable bonds is 5.